The molecule has 2 fully saturated rings. The van der Waals surface area contributed by atoms with E-state index in [-0.39, 0.29) is 0 Å². The van der Waals surface area contributed by atoms with Gasteiger partial charge in [0.25, 0.3) is 0 Å². The van der Waals surface area contributed by atoms with Gasteiger partial charge in [-0.05, 0) is 61.5 Å². The molecule has 2 N–H and O–H groups in total. The zero-order valence-electron chi connectivity index (χ0n) is 10.6. The normalized spacial score (nSPS) is 22.2. The first-order chi connectivity index (χ1) is 8.34. The van der Waals surface area contributed by atoms with Crippen LogP contribution in [0, 0.1) is 5.92 Å². The van der Waals surface area contributed by atoms with E-state index >= 15 is 0 Å². The molecule has 0 amide bonds. The van der Waals surface area contributed by atoms with E-state index in [2.05, 4.69) is 24.3 Å². The van der Waals surface area contributed by atoms with Crippen LogP contribution in [0.2, 0.25) is 0 Å². The Balaban J connectivity index is 1.64. The van der Waals surface area contributed by atoms with Crippen LogP contribution in [-0.2, 0) is 6.42 Å². The van der Waals surface area contributed by atoms with Crippen LogP contribution >= 0.6 is 0 Å². The molecule has 0 aromatic heterocycles. The Hall–Kier alpha value is -0.820. The van der Waals surface area contributed by atoms with Gasteiger partial charge in [0.2, 0.25) is 0 Å². The second kappa shape index (κ2) is 4.81. The number of hydrogen-bond donors (Lipinski definition) is 1. The van der Waals surface area contributed by atoms with Crippen LogP contribution in [0.4, 0.5) is 0 Å². The summed E-state index contributed by atoms with van der Waals surface area (Å²) in [6, 6.07) is 9.47. The van der Waals surface area contributed by atoms with Crippen molar-refractivity contribution in [3.8, 4) is 0 Å². The maximum absolute atomic E-state index is 6.20. The van der Waals surface area contributed by atoms with E-state index in [4.69, 9.17) is 5.73 Å². The van der Waals surface area contributed by atoms with E-state index < -0.39 is 0 Å². The second-order valence-corrected chi connectivity index (χ2v) is 5.87. The Morgan fingerprint density at radius 1 is 1.12 bits per heavy atom. The van der Waals surface area contributed by atoms with Gasteiger partial charge in [0.15, 0.2) is 0 Å². The lowest BCUT2D eigenvalue weighted by molar-refractivity contribution is 0.416. The summed E-state index contributed by atoms with van der Waals surface area (Å²) >= 11 is 0. The number of rotatable bonds is 5. The molecule has 0 aliphatic heterocycles. The Labute approximate surface area is 104 Å². The smallest absolute Gasteiger partial charge is 0.00703 e. The first-order valence-electron chi connectivity index (χ1n) is 7.18. The van der Waals surface area contributed by atoms with Crippen molar-refractivity contribution in [1.29, 1.82) is 0 Å². The van der Waals surface area contributed by atoms with Crippen LogP contribution in [-0.4, -0.2) is 6.04 Å². The van der Waals surface area contributed by atoms with Crippen LogP contribution < -0.4 is 5.73 Å². The van der Waals surface area contributed by atoms with E-state index in [0.29, 0.717) is 6.04 Å². The van der Waals surface area contributed by atoms with Gasteiger partial charge in [-0.15, -0.1) is 0 Å². The van der Waals surface area contributed by atoms with Gasteiger partial charge in [-0.1, -0.05) is 30.7 Å². The molecule has 1 atom stereocenters. The fraction of sp³-hybridized carbons (Fsp3) is 0.625. The first kappa shape index (κ1) is 11.3. The minimum absolute atomic E-state index is 0.449. The minimum atomic E-state index is 0.449. The largest absolute Gasteiger partial charge is 0.327 e. The van der Waals surface area contributed by atoms with E-state index in [9.17, 15) is 0 Å². The summed E-state index contributed by atoms with van der Waals surface area (Å²) in [5.74, 6) is 1.69. The van der Waals surface area contributed by atoms with Gasteiger partial charge in [0, 0.05) is 6.04 Å². The highest BCUT2D eigenvalue weighted by molar-refractivity contribution is 5.31. The summed E-state index contributed by atoms with van der Waals surface area (Å²) in [6.07, 6.45) is 9.30. The van der Waals surface area contributed by atoms with E-state index in [1.807, 2.05) is 0 Å². The van der Waals surface area contributed by atoms with Gasteiger partial charge in [-0.25, -0.2) is 0 Å². The molecular weight excluding hydrogens is 206 g/mol. The van der Waals surface area contributed by atoms with E-state index in [1.54, 1.807) is 11.1 Å². The van der Waals surface area contributed by atoms with Crippen molar-refractivity contribution in [3.63, 3.8) is 0 Å². The molecule has 3 rings (SSSR count). The monoisotopic (exact) mass is 229 g/mol. The summed E-state index contributed by atoms with van der Waals surface area (Å²) in [7, 11) is 0. The van der Waals surface area contributed by atoms with E-state index in [0.717, 1.165) is 11.8 Å². The molecule has 2 aliphatic rings. The van der Waals surface area contributed by atoms with E-state index in [1.165, 1.54) is 44.9 Å². The molecule has 2 saturated carbocycles. The molecule has 0 heterocycles. The Kier molecular flexibility index (Phi) is 3.19. The lowest BCUT2D eigenvalue weighted by Gasteiger charge is -2.28. The Morgan fingerprint density at radius 2 is 1.88 bits per heavy atom. The topological polar surface area (TPSA) is 26.0 Å². The van der Waals surface area contributed by atoms with Crippen molar-refractivity contribution < 1.29 is 0 Å². The van der Waals surface area contributed by atoms with Crippen molar-refractivity contribution in [2.45, 2.75) is 56.9 Å². The lowest BCUT2D eigenvalue weighted by Crippen LogP contribution is -2.23. The fourth-order valence-corrected chi connectivity index (χ4v) is 2.96. The predicted molar refractivity (Wildman–Crippen MR) is 72.1 cm³/mol. The third kappa shape index (κ3) is 2.55. The molecule has 1 aromatic carbocycles. The molecule has 17 heavy (non-hydrogen) atoms. The number of hydrogen-bond acceptors (Lipinski definition) is 1. The molecule has 2 aliphatic carbocycles. The third-order valence-electron chi connectivity index (χ3n) is 4.57. The van der Waals surface area contributed by atoms with Crippen LogP contribution in [0.5, 0.6) is 0 Å². The quantitative estimate of drug-likeness (QED) is 0.820. The van der Waals surface area contributed by atoms with Crippen molar-refractivity contribution in [2.75, 3.05) is 0 Å². The number of nitrogens with two attached hydrogens (primary N) is 1. The second-order valence-electron chi connectivity index (χ2n) is 5.87. The summed E-state index contributed by atoms with van der Waals surface area (Å²) in [5, 5.41) is 0. The fourth-order valence-electron chi connectivity index (χ4n) is 2.96. The molecule has 0 bridgehead atoms. The van der Waals surface area contributed by atoms with Crippen molar-refractivity contribution in [1.82, 2.24) is 0 Å². The number of aryl methyl sites for hydroxylation is 1. The molecule has 1 aromatic rings. The molecule has 1 heteroatoms. The SMILES string of the molecule is NC(CCc1ccccc1C1CCC1)C1CC1. The molecule has 0 radical (unpaired) electrons. The van der Waals surface area contributed by atoms with Gasteiger partial charge in [-0.3, -0.25) is 0 Å². The summed E-state index contributed by atoms with van der Waals surface area (Å²) < 4.78 is 0. The summed E-state index contributed by atoms with van der Waals surface area (Å²) in [6.45, 7) is 0. The molecule has 1 unspecified atom stereocenters. The standard InChI is InChI=1S/C16H23N/c17-16(14-8-9-14)11-10-13-4-1-2-7-15(13)12-5-3-6-12/h1-2,4,7,12,14,16H,3,5-6,8-11,17H2. The molecule has 0 saturated heterocycles. The minimum Gasteiger partial charge on any atom is -0.327 e. The van der Waals surface area contributed by atoms with Crippen molar-refractivity contribution >= 4 is 0 Å². The average Bonchev–Trinajstić information content (AvgIpc) is 3.09. The van der Waals surface area contributed by atoms with Crippen LogP contribution in [0.3, 0.4) is 0 Å². The van der Waals surface area contributed by atoms with Gasteiger partial charge in [0.05, 0.1) is 0 Å². The zero-order valence-corrected chi connectivity index (χ0v) is 10.6. The zero-order chi connectivity index (χ0) is 11.7. The molecule has 92 valence electrons. The van der Waals surface area contributed by atoms with Crippen LogP contribution in [0.15, 0.2) is 24.3 Å². The maximum Gasteiger partial charge on any atom is 0.00703 e. The van der Waals surface area contributed by atoms with Crippen LogP contribution in [0.25, 0.3) is 0 Å². The third-order valence-corrected chi connectivity index (χ3v) is 4.57. The van der Waals surface area contributed by atoms with Crippen molar-refractivity contribution in [2.24, 2.45) is 11.7 Å². The van der Waals surface area contributed by atoms with Crippen LogP contribution in [0.1, 0.15) is 55.6 Å². The molecule has 0 spiro atoms. The highest BCUT2D eigenvalue weighted by atomic mass is 14.7. The summed E-state index contributed by atoms with van der Waals surface area (Å²) in [5.41, 5.74) is 9.38. The molecular formula is C16H23N. The van der Waals surface area contributed by atoms with Gasteiger partial charge < -0.3 is 5.73 Å². The molecule has 1 nitrogen and oxygen atoms in total. The van der Waals surface area contributed by atoms with Gasteiger partial charge in [-0.2, -0.15) is 0 Å². The maximum atomic E-state index is 6.20. The predicted octanol–water partition coefficient (Wildman–Crippen LogP) is 3.62. The highest BCUT2D eigenvalue weighted by Crippen LogP contribution is 2.39. The van der Waals surface area contributed by atoms with Crippen molar-refractivity contribution in [3.05, 3.63) is 35.4 Å². The van der Waals surface area contributed by atoms with Gasteiger partial charge >= 0.3 is 0 Å². The highest BCUT2D eigenvalue weighted by Gasteiger charge is 2.28. The Bertz CT molecular complexity index is 377. The number of benzene rings is 1. The average molecular weight is 229 g/mol. The Morgan fingerprint density at radius 3 is 2.53 bits per heavy atom. The summed E-state index contributed by atoms with van der Waals surface area (Å²) in [4.78, 5) is 0. The lowest BCUT2D eigenvalue weighted by atomic mass is 9.77. The van der Waals surface area contributed by atoms with Gasteiger partial charge in [0.1, 0.15) is 0 Å². The first-order valence-corrected chi connectivity index (χ1v) is 7.18.